The molecule has 0 saturated carbocycles. The minimum atomic E-state index is -4.19. The second kappa shape index (κ2) is 14.4. The van der Waals surface area contributed by atoms with E-state index in [9.17, 15) is 18.0 Å². The van der Waals surface area contributed by atoms with E-state index in [2.05, 4.69) is 21.2 Å². The predicted molar refractivity (Wildman–Crippen MR) is 179 cm³/mol. The van der Waals surface area contributed by atoms with Crippen LogP contribution >= 0.6 is 27.5 Å². The molecule has 0 aliphatic rings. The van der Waals surface area contributed by atoms with Crippen molar-refractivity contribution < 1.29 is 18.0 Å². The van der Waals surface area contributed by atoms with E-state index in [0.29, 0.717) is 5.02 Å². The van der Waals surface area contributed by atoms with Crippen LogP contribution in [0.5, 0.6) is 0 Å². The lowest BCUT2D eigenvalue weighted by molar-refractivity contribution is -0.140. The Morgan fingerprint density at radius 1 is 0.841 bits per heavy atom. The molecule has 1 atom stereocenters. The summed E-state index contributed by atoms with van der Waals surface area (Å²) in [4.78, 5) is 29.9. The number of nitrogens with zero attached hydrogens (tertiary/aromatic N) is 2. The fourth-order valence-corrected chi connectivity index (χ4v) is 6.55. The lowest BCUT2D eigenvalue weighted by Crippen LogP contribution is -2.56. The van der Waals surface area contributed by atoms with Gasteiger partial charge >= 0.3 is 0 Å². The summed E-state index contributed by atoms with van der Waals surface area (Å²) in [6.07, 6.45) is 0.230. The molecule has 230 valence electrons. The highest BCUT2D eigenvalue weighted by Gasteiger charge is 2.35. The van der Waals surface area contributed by atoms with Gasteiger partial charge in [0.15, 0.2) is 0 Å². The molecular weight excluding hydrogens is 662 g/mol. The zero-order valence-corrected chi connectivity index (χ0v) is 27.9. The van der Waals surface area contributed by atoms with Crippen LogP contribution in [0, 0.1) is 0 Å². The first-order valence-electron chi connectivity index (χ1n) is 14.1. The number of amides is 2. The number of nitrogens with one attached hydrogen (secondary N) is 1. The van der Waals surface area contributed by atoms with Gasteiger partial charge in [0.2, 0.25) is 11.8 Å². The molecule has 2 amide bonds. The summed E-state index contributed by atoms with van der Waals surface area (Å²) in [7, 11) is -4.19. The van der Waals surface area contributed by atoms with E-state index in [1.54, 1.807) is 36.4 Å². The van der Waals surface area contributed by atoms with Crippen molar-refractivity contribution in [2.24, 2.45) is 0 Å². The van der Waals surface area contributed by atoms with E-state index in [-0.39, 0.29) is 29.5 Å². The lowest BCUT2D eigenvalue weighted by Gasteiger charge is -2.35. The van der Waals surface area contributed by atoms with Gasteiger partial charge in [-0.2, -0.15) is 0 Å². The molecule has 0 unspecified atom stereocenters. The van der Waals surface area contributed by atoms with Gasteiger partial charge in [0.1, 0.15) is 12.6 Å². The maximum Gasteiger partial charge on any atom is 0.264 e. The third-order valence-corrected chi connectivity index (χ3v) is 9.29. The Hall–Kier alpha value is -3.66. The van der Waals surface area contributed by atoms with E-state index in [4.69, 9.17) is 11.6 Å². The number of rotatable bonds is 11. The standard InChI is InChI=1S/C34H35BrClN3O4S/c1-34(2,3)37-33(41)31(21-25-11-6-4-7-12-25)38(23-26-17-19-27(35)20-18-26)32(40)24-39(29-14-10-13-28(36)22-29)44(42,43)30-15-8-5-9-16-30/h4-20,22,31H,21,23-24H2,1-3H3,(H,37,41)/t31-/m0/s1. The van der Waals surface area contributed by atoms with Crippen molar-refractivity contribution in [3.8, 4) is 0 Å². The Balaban J connectivity index is 1.81. The van der Waals surface area contributed by atoms with Gasteiger partial charge in [-0.25, -0.2) is 8.42 Å². The van der Waals surface area contributed by atoms with Gasteiger partial charge in [-0.15, -0.1) is 0 Å². The minimum Gasteiger partial charge on any atom is -0.350 e. The Morgan fingerprint density at radius 3 is 2.05 bits per heavy atom. The van der Waals surface area contributed by atoms with E-state index >= 15 is 0 Å². The van der Waals surface area contributed by atoms with Gasteiger partial charge in [-0.05, 0) is 74.4 Å². The summed E-state index contributed by atoms with van der Waals surface area (Å²) >= 11 is 9.72. The molecular formula is C34H35BrClN3O4S. The Labute approximate surface area is 273 Å². The van der Waals surface area contributed by atoms with Gasteiger partial charge in [-0.3, -0.25) is 13.9 Å². The second-order valence-electron chi connectivity index (χ2n) is 11.4. The van der Waals surface area contributed by atoms with Gasteiger partial charge in [0, 0.05) is 28.0 Å². The Bertz CT molecular complexity index is 1680. The number of carbonyl (C=O) groups excluding carboxylic acids is 2. The van der Waals surface area contributed by atoms with Crippen LogP contribution in [0.15, 0.2) is 119 Å². The molecule has 0 saturated heterocycles. The SMILES string of the molecule is CC(C)(C)NC(=O)[C@H](Cc1ccccc1)N(Cc1ccc(Br)cc1)C(=O)CN(c1cccc(Cl)c1)S(=O)(=O)c1ccccc1. The van der Waals surface area contributed by atoms with E-state index in [0.717, 1.165) is 19.9 Å². The van der Waals surface area contributed by atoms with Gasteiger partial charge in [0.05, 0.1) is 10.6 Å². The smallest absolute Gasteiger partial charge is 0.264 e. The molecule has 4 aromatic rings. The summed E-state index contributed by atoms with van der Waals surface area (Å²) in [5.74, 6) is -0.885. The molecule has 0 radical (unpaired) electrons. The van der Waals surface area contributed by atoms with Crippen molar-refractivity contribution in [2.75, 3.05) is 10.8 Å². The second-order valence-corrected chi connectivity index (χ2v) is 14.6. The number of hydrogen-bond acceptors (Lipinski definition) is 4. The largest absolute Gasteiger partial charge is 0.350 e. The zero-order valence-electron chi connectivity index (χ0n) is 24.8. The number of benzene rings is 4. The van der Waals surface area contributed by atoms with Crippen molar-refractivity contribution >= 4 is 55.1 Å². The highest BCUT2D eigenvalue weighted by Crippen LogP contribution is 2.27. The van der Waals surface area contributed by atoms with Crippen LogP contribution in [-0.2, 0) is 32.6 Å². The van der Waals surface area contributed by atoms with Crippen LogP contribution in [0.25, 0.3) is 0 Å². The summed E-state index contributed by atoms with van der Waals surface area (Å²) in [6, 6.07) is 30.2. The van der Waals surface area contributed by atoms with Crippen LogP contribution in [0.1, 0.15) is 31.9 Å². The van der Waals surface area contributed by atoms with Crippen molar-refractivity contribution in [1.82, 2.24) is 10.2 Å². The highest BCUT2D eigenvalue weighted by atomic mass is 79.9. The quantitative estimate of drug-likeness (QED) is 0.186. The van der Waals surface area contributed by atoms with Crippen molar-refractivity contribution in [3.63, 3.8) is 0 Å². The lowest BCUT2D eigenvalue weighted by atomic mass is 10.0. The molecule has 10 heteroatoms. The summed E-state index contributed by atoms with van der Waals surface area (Å²) in [5, 5.41) is 3.35. The van der Waals surface area contributed by atoms with Crippen molar-refractivity contribution in [3.05, 3.63) is 130 Å². The van der Waals surface area contributed by atoms with E-state index < -0.39 is 34.1 Å². The number of halogens is 2. The van der Waals surface area contributed by atoms with Crippen molar-refractivity contribution in [2.45, 2.75) is 50.2 Å². The van der Waals surface area contributed by atoms with Crippen LogP contribution in [-0.4, -0.2) is 43.3 Å². The minimum absolute atomic E-state index is 0.0264. The molecule has 1 N–H and O–H groups in total. The van der Waals surface area contributed by atoms with Gasteiger partial charge < -0.3 is 10.2 Å². The number of carbonyl (C=O) groups is 2. The predicted octanol–water partition coefficient (Wildman–Crippen LogP) is 6.85. The van der Waals surface area contributed by atoms with Crippen LogP contribution < -0.4 is 9.62 Å². The fourth-order valence-electron chi connectivity index (χ4n) is 4.67. The molecule has 0 heterocycles. The molecule has 0 fully saturated rings. The first-order valence-corrected chi connectivity index (χ1v) is 16.7. The molecule has 0 aromatic heterocycles. The third kappa shape index (κ3) is 8.94. The first kappa shape index (κ1) is 33.2. The Kier molecular flexibility index (Phi) is 10.9. The highest BCUT2D eigenvalue weighted by molar-refractivity contribution is 9.10. The van der Waals surface area contributed by atoms with Gasteiger partial charge in [-0.1, -0.05) is 94.3 Å². The first-order chi connectivity index (χ1) is 20.8. The van der Waals surface area contributed by atoms with E-state index in [1.165, 1.54) is 23.1 Å². The molecule has 4 rings (SSSR count). The molecule has 4 aromatic carbocycles. The maximum atomic E-state index is 14.5. The van der Waals surface area contributed by atoms with Crippen LogP contribution in [0.2, 0.25) is 5.02 Å². The number of anilines is 1. The van der Waals surface area contributed by atoms with E-state index in [1.807, 2.05) is 75.4 Å². The Morgan fingerprint density at radius 2 is 1.45 bits per heavy atom. The number of hydrogen-bond donors (Lipinski definition) is 1. The average molecular weight is 697 g/mol. The fraction of sp³-hybridized carbons (Fsp3) is 0.235. The molecule has 0 aliphatic carbocycles. The van der Waals surface area contributed by atoms with Crippen molar-refractivity contribution in [1.29, 1.82) is 0 Å². The monoisotopic (exact) mass is 695 g/mol. The molecule has 0 spiro atoms. The zero-order chi connectivity index (χ0) is 31.9. The average Bonchev–Trinajstić information content (AvgIpc) is 2.98. The summed E-state index contributed by atoms with van der Waals surface area (Å²) in [5.41, 5.74) is 1.31. The third-order valence-electron chi connectivity index (χ3n) is 6.74. The van der Waals surface area contributed by atoms with Gasteiger partial charge in [0.25, 0.3) is 10.0 Å². The maximum absolute atomic E-state index is 14.5. The summed E-state index contributed by atoms with van der Waals surface area (Å²) < 4.78 is 29.9. The molecule has 44 heavy (non-hydrogen) atoms. The van der Waals surface area contributed by atoms with Crippen LogP contribution in [0.4, 0.5) is 5.69 Å². The molecule has 0 bridgehead atoms. The molecule has 0 aliphatic heterocycles. The number of sulfonamides is 1. The summed E-state index contributed by atoms with van der Waals surface area (Å²) in [6.45, 7) is 5.15. The van der Waals surface area contributed by atoms with Crippen LogP contribution in [0.3, 0.4) is 0 Å². The topological polar surface area (TPSA) is 86.8 Å². The molecule has 7 nitrogen and oxygen atoms in total. The normalized spacial score (nSPS) is 12.3.